The van der Waals surface area contributed by atoms with Gasteiger partial charge in [-0.25, -0.2) is 4.79 Å². The second kappa shape index (κ2) is 6.38. The highest BCUT2D eigenvalue weighted by Gasteiger charge is 2.31. The van der Waals surface area contributed by atoms with Crippen LogP contribution in [0.2, 0.25) is 0 Å². The summed E-state index contributed by atoms with van der Waals surface area (Å²) in [4.78, 5) is 45.2. The molecule has 2 aliphatic rings. The normalized spacial score (nSPS) is 18.4. The number of nitrogens with zero attached hydrogens (tertiary/aromatic N) is 2. The Balaban J connectivity index is 1.35. The van der Waals surface area contributed by atoms with E-state index >= 15 is 0 Å². The SMILES string of the molecule is O=C(Cc1ccc2[nH]c(=O)[nH]c2c1)N1CCN(C(=O)C2CCC2)CC1. The number of nitrogens with one attached hydrogen (secondary N) is 2. The van der Waals surface area contributed by atoms with Crippen molar-refractivity contribution in [2.45, 2.75) is 25.7 Å². The summed E-state index contributed by atoms with van der Waals surface area (Å²) in [6.07, 6.45) is 3.49. The number of fused-ring (bicyclic) bond motifs is 1. The van der Waals surface area contributed by atoms with Crippen LogP contribution in [0.5, 0.6) is 0 Å². The van der Waals surface area contributed by atoms with E-state index in [9.17, 15) is 14.4 Å². The molecule has 4 rings (SSSR count). The van der Waals surface area contributed by atoms with Gasteiger partial charge in [0.25, 0.3) is 0 Å². The molecular weight excluding hydrogens is 320 g/mol. The van der Waals surface area contributed by atoms with Crippen molar-refractivity contribution < 1.29 is 9.59 Å². The molecule has 1 aliphatic heterocycles. The predicted molar refractivity (Wildman–Crippen MR) is 93.1 cm³/mol. The van der Waals surface area contributed by atoms with Crippen LogP contribution in [0.25, 0.3) is 11.0 Å². The fourth-order valence-corrected chi connectivity index (χ4v) is 3.57. The third-order valence-electron chi connectivity index (χ3n) is 5.33. The second-order valence-electron chi connectivity index (χ2n) is 6.97. The smallest absolute Gasteiger partial charge is 0.323 e. The Bertz CT molecular complexity index is 857. The minimum atomic E-state index is -0.245. The van der Waals surface area contributed by atoms with Crippen LogP contribution in [0.4, 0.5) is 0 Å². The van der Waals surface area contributed by atoms with Crippen LogP contribution >= 0.6 is 0 Å². The van der Waals surface area contributed by atoms with Crippen molar-refractivity contribution in [1.82, 2.24) is 19.8 Å². The highest BCUT2D eigenvalue weighted by Crippen LogP contribution is 2.28. The largest absolute Gasteiger partial charge is 0.339 e. The van der Waals surface area contributed by atoms with Crippen LogP contribution in [0.3, 0.4) is 0 Å². The summed E-state index contributed by atoms with van der Waals surface area (Å²) >= 11 is 0. The van der Waals surface area contributed by atoms with E-state index in [0.717, 1.165) is 30.3 Å². The molecule has 7 nitrogen and oxygen atoms in total. The Kier molecular flexibility index (Phi) is 4.07. The molecule has 2 fully saturated rings. The highest BCUT2D eigenvalue weighted by molar-refractivity contribution is 5.83. The number of hydrogen-bond donors (Lipinski definition) is 2. The quantitative estimate of drug-likeness (QED) is 0.867. The van der Waals surface area contributed by atoms with E-state index in [1.807, 2.05) is 28.0 Å². The van der Waals surface area contributed by atoms with Gasteiger partial charge in [-0.2, -0.15) is 0 Å². The summed E-state index contributed by atoms with van der Waals surface area (Å²) in [5.74, 6) is 0.547. The van der Waals surface area contributed by atoms with Crippen molar-refractivity contribution in [3.63, 3.8) is 0 Å². The van der Waals surface area contributed by atoms with E-state index in [1.54, 1.807) is 0 Å². The molecule has 1 saturated carbocycles. The zero-order valence-corrected chi connectivity index (χ0v) is 14.1. The molecule has 2 heterocycles. The van der Waals surface area contributed by atoms with Crippen molar-refractivity contribution in [2.24, 2.45) is 5.92 Å². The highest BCUT2D eigenvalue weighted by atomic mass is 16.2. The third-order valence-corrected chi connectivity index (χ3v) is 5.33. The molecule has 1 aromatic heterocycles. The van der Waals surface area contributed by atoms with E-state index in [-0.39, 0.29) is 23.4 Å². The van der Waals surface area contributed by atoms with Gasteiger partial charge in [0.05, 0.1) is 17.5 Å². The number of hydrogen-bond acceptors (Lipinski definition) is 3. The first-order chi connectivity index (χ1) is 12.1. The molecule has 1 aromatic carbocycles. The molecule has 1 saturated heterocycles. The number of benzene rings is 1. The van der Waals surface area contributed by atoms with Gasteiger partial charge in [-0.1, -0.05) is 12.5 Å². The van der Waals surface area contributed by atoms with Gasteiger partial charge in [-0.05, 0) is 30.5 Å². The van der Waals surface area contributed by atoms with Gasteiger partial charge in [0.1, 0.15) is 0 Å². The number of imidazole rings is 1. The van der Waals surface area contributed by atoms with Crippen molar-refractivity contribution in [2.75, 3.05) is 26.2 Å². The zero-order chi connectivity index (χ0) is 17.4. The first kappa shape index (κ1) is 15.9. The van der Waals surface area contributed by atoms with Gasteiger partial charge >= 0.3 is 5.69 Å². The lowest BCUT2D eigenvalue weighted by atomic mass is 9.84. The molecule has 0 atom stereocenters. The van der Waals surface area contributed by atoms with Crippen LogP contribution in [-0.4, -0.2) is 57.8 Å². The maximum absolute atomic E-state index is 12.5. The summed E-state index contributed by atoms with van der Waals surface area (Å²) in [6, 6.07) is 5.51. The number of carbonyl (C=O) groups is 2. The number of rotatable bonds is 3. The maximum atomic E-state index is 12.5. The number of aromatic amines is 2. The number of amides is 2. The first-order valence-corrected chi connectivity index (χ1v) is 8.87. The summed E-state index contributed by atoms with van der Waals surface area (Å²) < 4.78 is 0. The van der Waals surface area contributed by atoms with E-state index in [4.69, 9.17) is 0 Å². The second-order valence-corrected chi connectivity index (χ2v) is 6.97. The van der Waals surface area contributed by atoms with Crippen molar-refractivity contribution >= 4 is 22.8 Å². The topological polar surface area (TPSA) is 89.3 Å². The van der Waals surface area contributed by atoms with Crippen LogP contribution in [0.15, 0.2) is 23.0 Å². The molecular formula is C18H22N4O3. The van der Waals surface area contributed by atoms with Crippen LogP contribution in [-0.2, 0) is 16.0 Å². The molecule has 25 heavy (non-hydrogen) atoms. The van der Waals surface area contributed by atoms with E-state index in [2.05, 4.69) is 9.97 Å². The van der Waals surface area contributed by atoms with Gasteiger partial charge in [0, 0.05) is 32.1 Å². The van der Waals surface area contributed by atoms with Crippen molar-refractivity contribution in [1.29, 1.82) is 0 Å². The van der Waals surface area contributed by atoms with E-state index in [1.165, 1.54) is 0 Å². The fraction of sp³-hybridized carbons (Fsp3) is 0.500. The lowest BCUT2D eigenvalue weighted by Gasteiger charge is -2.38. The predicted octanol–water partition coefficient (Wildman–Crippen LogP) is 0.870. The monoisotopic (exact) mass is 342 g/mol. The number of piperazine rings is 1. The molecule has 0 bridgehead atoms. The van der Waals surface area contributed by atoms with E-state index < -0.39 is 0 Å². The maximum Gasteiger partial charge on any atom is 0.323 e. The molecule has 0 spiro atoms. The fourth-order valence-electron chi connectivity index (χ4n) is 3.57. The molecule has 2 amide bonds. The molecule has 0 unspecified atom stereocenters. The van der Waals surface area contributed by atoms with Crippen LogP contribution < -0.4 is 5.69 Å². The Morgan fingerprint density at radius 1 is 1.00 bits per heavy atom. The lowest BCUT2D eigenvalue weighted by molar-refractivity contribution is -0.143. The number of H-pyrrole nitrogens is 2. The third kappa shape index (κ3) is 3.18. The first-order valence-electron chi connectivity index (χ1n) is 8.87. The molecule has 0 radical (unpaired) electrons. The van der Waals surface area contributed by atoms with Crippen molar-refractivity contribution in [3.05, 3.63) is 34.2 Å². The standard InChI is InChI=1S/C18H22N4O3/c23-16(11-12-4-5-14-15(10-12)20-18(25)19-14)21-6-8-22(9-7-21)17(24)13-2-1-3-13/h4-5,10,13H,1-3,6-9,11H2,(H2,19,20,25). The number of aromatic nitrogens is 2. The Labute approximate surface area is 145 Å². The Morgan fingerprint density at radius 2 is 1.68 bits per heavy atom. The minimum absolute atomic E-state index is 0.0629. The summed E-state index contributed by atoms with van der Waals surface area (Å²) in [5, 5.41) is 0. The van der Waals surface area contributed by atoms with Crippen molar-refractivity contribution in [3.8, 4) is 0 Å². The van der Waals surface area contributed by atoms with Crippen LogP contribution in [0, 0.1) is 5.92 Å². The van der Waals surface area contributed by atoms with E-state index in [0.29, 0.717) is 38.1 Å². The lowest BCUT2D eigenvalue weighted by Crippen LogP contribution is -2.52. The molecule has 1 aliphatic carbocycles. The number of carbonyl (C=O) groups excluding carboxylic acids is 2. The zero-order valence-electron chi connectivity index (χ0n) is 14.1. The Morgan fingerprint density at radius 3 is 2.36 bits per heavy atom. The minimum Gasteiger partial charge on any atom is -0.339 e. The Hall–Kier alpha value is -2.57. The molecule has 7 heteroatoms. The summed E-state index contributed by atoms with van der Waals surface area (Å²) in [6.45, 7) is 2.46. The molecule has 132 valence electrons. The van der Waals surface area contributed by atoms with Gasteiger partial charge in [0.2, 0.25) is 11.8 Å². The van der Waals surface area contributed by atoms with Gasteiger partial charge < -0.3 is 19.8 Å². The van der Waals surface area contributed by atoms with Gasteiger partial charge in [-0.15, -0.1) is 0 Å². The summed E-state index contributed by atoms with van der Waals surface area (Å²) in [7, 11) is 0. The average Bonchev–Trinajstić information content (AvgIpc) is 2.92. The van der Waals surface area contributed by atoms with Gasteiger partial charge in [0.15, 0.2) is 0 Å². The molecule has 2 aromatic rings. The van der Waals surface area contributed by atoms with Crippen LogP contribution in [0.1, 0.15) is 24.8 Å². The van der Waals surface area contributed by atoms with Gasteiger partial charge in [-0.3, -0.25) is 9.59 Å². The summed E-state index contributed by atoms with van der Waals surface area (Å²) in [5.41, 5.74) is 2.09. The molecule has 2 N–H and O–H groups in total. The average molecular weight is 342 g/mol.